The summed E-state index contributed by atoms with van der Waals surface area (Å²) in [4.78, 5) is 3.49. The number of nitrogens with zero attached hydrogens (tertiary/aromatic N) is 2. The Morgan fingerprint density at radius 3 is 2.20 bits per heavy atom. The first-order chi connectivity index (χ1) is 21.1. The number of sulfonamides is 1. The second kappa shape index (κ2) is 14.9. The molecule has 3 aromatic rings. The van der Waals surface area contributed by atoms with Crippen LogP contribution in [0.25, 0.3) is 11.1 Å². The Balaban J connectivity index is 0.00000106. The van der Waals surface area contributed by atoms with Gasteiger partial charge >= 0.3 is 0 Å². The van der Waals surface area contributed by atoms with Crippen LogP contribution in [-0.2, 0) is 16.6 Å². The molecule has 0 unspecified atom stereocenters. The highest BCUT2D eigenvalue weighted by atomic mass is 35.5. The van der Waals surface area contributed by atoms with Gasteiger partial charge in [-0.3, -0.25) is 0 Å². The third-order valence-electron chi connectivity index (χ3n) is 8.42. The molecular formula is C35H46ClFN2O3S2. The molecule has 9 heteroatoms. The van der Waals surface area contributed by atoms with Gasteiger partial charge in [0.15, 0.2) is 0 Å². The van der Waals surface area contributed by atoms with Crippen LogP contribution in [-0.4, -0.2) is 44.2 Å². The minimum atomic E-state index is -3.70. The van der Waals surface area contributed by atoms with Crippen molar-refractivity contribution in [2.45, 2.75) is 88.9 Å². The second-order valence-corrected chi connectivity index (χ2v) is 15.5. The SMILES string of the molecule is CC.CC.CC1(C)CCC(Sc2ccc3c(c2)COc2cc(S(=O)(=O)N4CCN(c5ccc(F)cc5Cl)CC4)ccc2-3)CC1. The molecule has 0 aromatic heterocycles. The number of ether oxygens (including phenoxy) is 1. The lowest BCUT2D eigenvalue weighted by molar-refractivity contribution is 0.249. The summed E-state index contributed by atoms with van der Waals surface area (Å²) in [5, 5.41) is 0.984. The molecule has 2 fully saturated rings. The molecule has 3 aromatic carbocycles. The molecule has 44 heavy (non-hydrogen) atoms. The fourth-order valence-electron chi connectivity index (χ4n) is 5.93. The zero-order valence-electron chi connectivity index (χ0n) is 26.8. The topological polar surface area (TPSA) is 49.9 Å². The van der Waals surface area contributed by atoms with E-state index >= 15 is 0 Å². The highest BCUT2D eigenvalue weighted by Crippen LogP contribution is 2.44. The number of fused-ring (bicyclic) bond motifs is 3. The van der Waals surface area contributed by atoms with Gasteiger partial charge in [-0.05, 0) is 84.7 Å². The quantitative estimate of drug-likeness (QED) is 0.273. The van der Waals surface area contributed by atoms with E-state index in [-0.39, 0.29) is 4.90 Å². The third-order valence-corrected chi connectivity index (χ3v) is 11.9. The Hall–Kier alpha value is -2.26. The van der Waals surface area contributed by atoms with Gasteiger partial charge in [-0.25, -0.2) is 12.8 Å². The first-order valence-electron chi connectivity index (χ1n) is 15.9. The Labute approximate surface area is 273 Å². The maximum absolute atomic E-state index is 13.5. The number of rotatable bonds is 5. The molecule has 0 radical (unpaired) electrons. The molecule has 240 valence electrons. The molecule has 0 spiro atoms. The fourth-order valence-corrected chi connectivity index (χ4v) is 8.86. The predicted octanol–water partition coefficient (Wildman–Crippen LogP) is 9.66. The lowest BCUT2D eigenvalue weighted by Gasteiger charge is -2.36. The number of piperazine rings is 1. The van der Waals surface area contributed by atoms with E-state index in [0.717, 1.165) is 16.7 Å². The highest BCUT2D eigenvalue weighted by molar-refractivity contribution is 8.00. The number of hydrogen-bond donors (Lipinski definition) is 0. The van der Waals surface area contributed by atoms with Gasteiger partial charge in [0.2, 0.25) is 10.0 Å². The van der Waals surface area contributed by atoms with Crippen LogP contribution in [0.1, 0.15) is 72.8 Å². The Morgan fingerprint density at radius 1 is 0.886 bits per heavy atom. The van der Waals surface area contributed by atoms with Crippen molar-refractivity contribution in [3.8, 4) is 16.9 Å². The molecule has 0 bridgehead atoms. The largest absolute Gasteiger partial charge is 0.488 e. The maximum atomic E-state index is 13.5. The average Bonchev–Trinajstić information content (AvgIpc) is 3.03. The lowest BCUT2D eigenvalue weighted by atomic mass is 9.77. The third kappa shape index (κ3) is 7.75. The van der Waals surface area contributed by atoms with Crippen LogP contribution >= 0.6 is 23.4 Å². The summed E-state index contributed by atoms with van der Waals surface area (Å²) in [5.74, 6) is 0.204. The van der Waals surface area contributed by atoms with Crippen LogP contribution in [0.15, 0.2) is 64.4 Å². The van der Waals surface area contributed by atoms with Crippen molar-refractivity contribution in [1.29, 1.82) is 0 Å². The molecule has 2 heterocycles. The molecule has 6 rings (SSSR count). The minimum absolute atomic E-state index is 0.232. The molecule has 5 nitrogen and oxygen atoms in total. The first-order valence-corrected chi connectivity index (χ1v) is 18.6. The standard InChI is InChI=1S/C31H34ClFN2O3S2.2C2H6/c1-31(2)11-9-23(10-12-31)39-24-4-6-26-21(17-24)20-38-30-19-25(5-7-27(26)30)40(36,37)35-15-13-34(14-16-35)29-8-3-22(33)18-28(29)32;2*1-2/h3-8,17-19,23H,9-16,20H2,1-2H3;2*1-2H3. The van der Waals surface area contributed by atoms with Crippen molar-refractivity contribution in [3.05, 3.63) is 71.0 Å². The van der Waals surface area contributed by atoms with E-state index in [1.165, 1.54) is 47.0 Å². The van der Waals surface area contributed by atoms with Gasteiger partial charge in [0, 0.05) is 48.0 Å². The average molecular weight is 661 g/mol. The summed E-state index contributed by atoms with van der Waals surface area (Å²) in [6.45, 7) is 14.7. The van der Waals surface area contributed by atoms with Crippen LogP contribution in [0.4, 0.5) is 10.1 Å². The second-order valence-electron chi connectivity index (χ2n) is 11.7. The van der Waals surface area contributed by atoms with E-state index in [9.17, 15) is 12.8 Å². The molecule has 0 atom stereocenters. The molecule has 0 N–H and O–H groups in total. The van der Waals surface area contributed by atoms with Crippen LogP contribution in [0.3, 0.4) is 0 Å². The van der Waals surface area contributed by atoms with Crippen molar-refractivity contribution in [2.75, 3.05) is 31.1 Å². The van der Waals surface area contributed by atoms with Gasteiger partial charge in [0.1, 0.15) is 18.2 Å². The van der Waals surface area contributed by atoms with Crippen molar-refractivity contribution in [2.24, 2.45) is 5.41 Å². The van der Waals surface area contributed by atoms with Crippen molar-refractivity contribution in [3.63, 3.8) is 0 Å². The van der Waals surface area contributed by atoms with Gasteiger partial charge in [0.05, 0.1) is 15.6 Å². The smallest absolute Gasteiger partial charge is 0.243 e. The first kappa shape index (κ1) is 34.6. The summed E-state index contributed by atoms with van der Waals surface area (Å²) in [6.07, 6.45) is 5.05. The van der Waals surface area contributed by atoms with E-state index in [0.29, 0.717) is 59.9 Å². The van der Waals surface area contributed by atoms with Gasteiger partial charge in [-0.15, -0.1) is 11.8 Å². The number of hydrogen-bond acceptors (Lipinski definition) is 5. The monoisotopic (exact) mass is 660 g/mol. The number of halogens is 2. The summed E-state index contributed by atoms with van der Waals surface area (Å²) in [7, 11) is -3.70. The summed E-state index contributed by atoms with van der Waals surface area (Å²) < 4.78 is 48.1. The molecule has 1 saturated heterocycles. The normalized spacial score (nSPS) is 18.0. The Morgan fingerprint density at radius 2 is 1.55 bits per heavy atom. The molecule has 1 aliphatic carbocycles. The summed E-state index contributed by atoms with van der Waals surface area (Å²) >= 11 is 8.19. The van der Waals surface area contributed by atoms with E-state index in [1.54, 1.807) is 18.2 Å². The van der Waals surface area contributed by atoms with Gasteiger partial charge in [-0.1, -0.05) is 59.2 Å². The van der Waals surface area contributed by atoms with Crippen molar-refractivity contribution in [1.82, 2.24) is 4.31 Å². The predicted molar refractivity (Wildman–Crippen MR) is 183 cm³/mol. The van der Waals surface area contributed by atoms with Gasteiger partial charge in [-0.2, -0.15) is 4.31 Å². The highest BCUT2D eigenvalue weighted by Gasteiger charge is 2.31. The maximum Gasteiger partial charge on any atom is 0.243 e. The molecule has 1 saturated carbocycles. The number of benzene rings is 3. The summed E-state index contributed by atoms with van der Waals surface area (Å²) in [6, 6.07) is 16.1. The lowest BCUT2D eigenvalue weighted by Crippen LogP contribution is -2.48. The van der Waals surface area contributed by atoms with E-state index < -0.39 is 15.8 Å². The van der Waals surface area contributed by atoms with Gasteiger partial charge in [0.25, 0.3) is 0 Å². The van der Waals surface area contributed by atoms with Crippen LogP contribution < -0.4 is 9.64 Å². The van der Waals surface area contributed by atoms with Crippen LogP contribution in [0.5, 0.6) is 5.75 Å². The van der Waals surface area contributed by atoms with E-state index in [4.69, 9.17) is 16.3 Å². The molecule has 0 amide bonds. The van der Waals surface area contributed by atoms with Gasteiger partial charge < -0.3 is 9.64 Å². The zero-order valence-corrected chi connectivity index (χ0v) is 29.2. The number of thioether (sulfide) groups is 1. The molecular weight excluding hydrogens is 615 g/mol. The van der Waals surface area contributed by atoms with Crippen molar-refractivity contribution >= 4 is 39.1 Å². The fraction of sp³-hybridized carbons (Fsp3) is 0.486. The van der Waals surface area contributed by atoms with E-state index in [1.807, 2.05) is 50.4 Å². The molecule has 3 aliphatic rings. The molecule has 2 aliphatic heterocycles. The Bertz CT molecular complexity index is 1530. The number of anilines is 1. The summed E-state index contributed by atoms with van der Waals surface area (Å²) in [5.41, 5.74) is 4.34. The van der Waals surface area contributed by atoms with Crippen LogP contribution in [0, 0.1) is 11.2 Å². The van der Waals surface area contributed by atoms with Crippen LogP contribution in [0.2, 0.25) is 5.02 Å². The Kier molecular flexibility index (Phi) is 11.7. The van der Waals surface area contributed by atoms with Crippen molar-refractivity contribution < 1.29 is 17.5 Å². The zero-order chi connectivity index (χ0) is 32.1. The van der Waals surface area contributed by atoms with E-state index in [2.05, 4.69) is 32.0 Å². The minimum Gasteiger partial charge on any atom is -0.488 e.